The minimum absolute atomic E-state index is 0.0972. The normalized spacial score (nSPS) is 16.0. The fourth-order valence-electron chi connectivity index (χ4n) is 5.04. The zero-order valence-corrected chi connectivity index (χ0v) is 27.8. The van der Waals surface area contributed by atoms with E-state index in [9.17, 15) is 50.4 Å². The summed E-state index contributed by atoms with van der Waals surface area (Å²) in [5.41, 5.74) is -3.22. The van der Waals surface area contributed by atoms with E-state index in [0.717, 1.165) is 19.1 Å². The molecule has 7 nitrogen and oxygen atoms in total. The van der Waals surface area contributed by atoms with Crippen molar-refractivity contribution in [3.8, 4) is 11.8 Å². The Hall–Kier alpha value is -3.71. The van der Waals surface area contributed by atoms with Gasteiger partial charge in [-0.1, -0.05) is 67.7 Å². The van der Waals surface area contributed by atoms with Crippen LogP contribution in [0.2, 0.25) is 0 Å². The Bertz CT molecular complexity index is 1530. The van der Waals surface area contributed by atoms with Gasteiger partial charge in [0, 0.05) is 0 Å². The molecule has 0 saturated carbocycles. The molecule has 0 saturated heterocycles. The highest BCUT2D eigenvalue weighted by Gasteiger charge is 2.73. The van der Waals surface area contributed by atoms with E-state index in [-0.39, 0.29) is 21.9 Å². The lowest BCUT2D eigenvalue weighted by molar-refractivity contribution is -0.360. The molecular weight excluding hydrogens is 691 g/mol. The predicted molar refractivity (Wildman–Crippen MR) is 166 cm³/mol. The summed E-state index contributed by atoms with van der Waals surface area (Å²) in [4.78, 5) is 38.7. The number of carboxylic acids is 1. The number of carboxylic acid groups (broad SMARTS) is 1. The van der Waals surface area contributed by atoms with Gasteiger partial charge in [0.25, 0.3) is 0 Å². The summed E-state index contributed by atoms with van der Waals surface area (Å²) in [5, 5.41) is 19.1. The van der Waals surface area contributed by atoms with E-state index < -0.39 is 71.0 Å². The first-order valence-electron chi connectivity index (χ1n) is 14.2. The summed E-state index contributed by atoms with van der Waals surface area (Å²) < 4.78 is 102. The van der Waals surface area contributed by atoms with Crippen LogP contribution in [0.25, 0.3) is 0 Å². The molecule has 0 aromatic heterocycles. The number of aromatic carboxylic acids is 1. The Morgan fingerprint density at radius 3 is 1.92 bits per heavy atom. The highest BCUT2D eigenvalue weighted by atomic mass is 32.2. The van der Waals surface area contributed by atoms with E-state index in [1.165, 1.54) is 26.0 Å². The quantitative estimate of drug-likeness (QED) is 0.0835. The summed E-state index contributed by atoms with van der Waals surface area (Å²) in [7, 11) is 0. The van der Waals surface area contributed by atoms with E-state index >= 15 is 0 Å². The number of thioether (sulfide) groups is 1. The van der Waals surface area contributed by atoms with Crippen molar-refractivity contribution in [1.82, 2.24) is 0 Å². The number of esters is 2. The third-order valence-electron chi connectivity index (χ3n) is 7.34. The van der Waals surface area contributed by atoms with Gasteiger partial charge in [0.1, 0.15) is 10.5 Å². The van der Waals surface area contributed by atoms with E-state index in [1.54, 1.807) is 37.3 Å². The van der Waals surface area contributed by atoms with Crippen molar-refractivity contribution in [3.05, 3.63) is 65.7 Å². The Kier molecular flexibility index (Phi) is 12.8. The molecule has 1 N–H and O–H groups in total. The average Bonchev–Trinajstić information content (AvgIpc) is 2.99. The van der Waals surface area contributed by atoms with Crippen LogP contribution in [-0.4, -0.2) is 56.6 Å². The third kappa shape index (κ3) is 9.68. The Labute approximate surface area is 281 Å². The molecule has 0 radical (unpaired) electrons. The van der Waals surface area contributed by atoms with Gasteiger partial charge >= 0.3 is 35.9 Å². The predicted octanol–water partition coefficient (Wildman–Crippen LogP) is 8.65. The highest BCUT2D eigenvalue weighted by Crippen LogP contribution is 2.49. The minimum Gasteiger partial charge on any atom is -0.478 e. The van der Waals surface area contributed by atoms with Crippen molar-refractivity contribution in [1.29, 1.82) is 5.26 Å². The highest BCUT2D eigenvalue weighted by molar-refractivity contribution is 8.25. The molecule has 16 heteroatoms. The van der Waals surface area contributed by atoms with Crippen molar-refractivity contribution >= 4 is 46.1 Å². The second-order valence-electron chi connectivity index (χ2n) is 11.9. The van der Waals surface area contributed by atoms with Crippen molar-refractivity contribution in [2.24, 2.45) is 10.8 Å². The second-order valence-corrected chi connectivity index (χ2v) is 14.1. The second kappa shape index (κ2) is 15.2. The van der Waals surface area contributed by atoms with Crippen molar-refractivity contribution in [2.75, 3.05) is 6.61 Å². The number of halogens is 7. The van der Waals surface area contributed by atoms with Crippen LogP contribution >= 0.6 is 24.0 Å². The summed E-state index contributed by atoms with van der Waals surface area (Å²) >= 11 is 6.25. The molecule has 2 aromatic rings. The van der Waals surface area contributed by atoms with Crippen LogP contribution in [-0.2, 0) is 14.3 Å². The Morgan fingerprint density at radius 2 is 1.44 bits per heavy atom. The van der Waals surface area contributed by atoms with Gasteiger partial charge < -0.3 is 14.6 Å². The molecule has 0 amide bonds. The zero-order valence-electron chi connectivity index (χ0n) is 26.1. The van der Waals surface area contributed by atoms with Crippen LogP contribution in [0, 0.1) is 22.2 Å². The third-order valence-corrected chi connectivity index (χ3v) is 9.01. The first kappa shape index (κ1) is 40.5. The molecule has 2 rings (SSSR count). The number of alkyl halides is 7. The number of nitriles is 1. The van der Waals surface area contributed by atoms with E-state index in [4.69, 9.17) is 22.1 Å². The summed E-state index contributed by atoms with van der Waals surface area (Å²) in [6.07, 6.45) is -7.32. The molecule has 262 valence electrons. The summed E-state index contributed by atoms with van der Waals surface area (Å²) in [6.45, 7) is 2.87. The van der Waals surface area contributed by atoms with Crippen molar-refractivity contribution in [3.63, 3.8) is 0 Å². The monoisotopic (exact) mass is 723 g/mol. The number of carbonyl (C=O) groups excluding carboxylic acids is 2. The number of carbonyl (C=O) groups is 3. The number of hydrogen-bond donors (Lipinski definition) is 1. The summed E-state index contributed by atoms with van der Waals surface area (Å²) in [6, 6.07) is 14.8. The van der Waals surface area contributed by atoms with Gasteiger partial charge in [-0.3, -0.25) is 9.59 Å². The molecule has 0 fully saturated rings. The lowest BCUT2D eigenvalue weighted by Crippen LogP contribution is -2.55. The number of rotatable bonds is 15. The van der Waals surface area contributed by atoms with Crippen LogP contribution in [0.4, 0.5) is 30.7 Å². The molecule has 0 bridgehead atoms. The minimum atomic E-state index is -6.67. The molecule has 3 atom stereocenters. The van der Waals surface area contributed by atoms with Crippen LogP contribution in [0.15, 0.2) is 54.6 Å². The standard InChI is InChI=1S/C32H32F7NO6S2/c1-5-15-27(2,18-40)16-28(3,25(43)45-19-30(33,34)31(35,36)32(37,38)39)17-29(4,48-24(47)21-9-7-6-8-10-21)26(44)46-22-13-11-20(12-14-22)23(41)42/h6-14H,5,15-17,19H2,1-4H3,(H,41,42). The first-order valence-corrected chi connectivity index (χ1v) is 15.4. The maximum absolute atomic E-state index is 14.2. The molecule has 0 aliphatic heterocycles. The largest absolute Gasteiger partial charge is 0.478 e. The van der Waals surface area contributed by atoms with E-state index in [2.05, 4.69) is 4.74 Å². The first-order chi connectivity index (χ1) is 22.0. The molecule has 0 heterocycles. The smallest absolute Gasteiger partial charge is 0.460 e. The van der Waals surface area contributed by atoms with Gasteiger partial charge in [-0.15, -0.1) is 0 Å². The van der Waals surface area contributed by atoms with Crippen LogP contribution < -0.4 is 4.74 Å². The molecular formula is C32H32F7NO6S2. The number of ether oxygens (including phenoxy) is 2. The number of hydrogen-bond acceptors (Lipinski definition) is 8. The van der Waals surface area contributed by atoms with E-state index in [0.29, 0.717) is 23.7 Å². The zero-order chi connectivity index (χ0) is 36.8. The van der Waals surface area contributed by atoms with Gasteiger partial charge in [-0.25, -0.2) is 4.79 Å². The lowest BCUT2D eigenvalue weighted by atomic mass is 9.68. The van der Waals surface area contributed by atoms with Gasteiger partial charge in [-0.05, 0) is 69.9 Å². The topological polar surface area (TPSA) is 114 Å². The molecule has 3 unspecified atom stereocenters. The molecule has 0 aliphatic carbocycles. The van der Waals surface area contributed by atoms with Gasteiger partial charge in [0.15, 0.2) is 6.61 Å². The molecule has 0 spiro atoms. The van der Waals surface area contributed by atoms with Crippen LogP contribution in [0.5, 0.6) is 5.75 Å². The van der Waals surface area contributed by atoms with Crippen molar-refractivity contribution < 1.29 is 59.7 Å². The van der Waals surface area contributed by atoms with Gasteiger partial charge in [0.2, 0.25) is 0 Å². The van der Waals surface area contributed by atoms with Gasteiger partial charge in [0.05, 0.1) is 26.7 Å². The van der Waals surface area contributed by atoms with Crippen LogP contribution in [0.3, 0.4) is 0 Å². The number of nitrogens with zero attached hydrogens (tertiary/aromatic N) is 1. The number of benzene rings is 2. The van der Waals surface area contributed by atoms with E-state index in [1.807, 2.05) is 6.07 Å². The Morgan fingerprint density at radius 1 is 0.875 bits per heavy atom. The number of thiocarbonyl (C=S) groups is 1. The SMILES string of the molecule is CCCC(C)(C#N)CC(C)(CC(C)(SC(=S)c1ccccc1)C(=O)Oc1ccc(C(=O)O)cc1)C(=O)OCC(F)(F)C(F)(F)C(F)(F)F. The van der Waals surface area contributed by atoms with Crippen LogP contribution in [0.1, 0.15) is 69.3 Å². The summed E-state index contributed by atoms with van der Waals surface area (Å²) in [5.74, 6) is -16.6. The fourth-order valence-corrected chi connectivity index (χ4v) is 6.91. The fraction of sp³-hybridized carbons (Fsp3) is 0.469. The molecule has 2 aromatic carbocycles. The molecule has 0 aliphatic rings. The Balaban J connectivity index is 2.62. The van der Waals surface area contributed by atoms with Crippen molar-refractivity contribution in [2.45, 2.75) is 76.1 Å². The lowest BCUT2D eigenvalue weighted by Gasteiger charge is -2.39. The molecule has 48 heavy (non-hydrogen) atoms. The van der Waals surface area contributed by atoms with Gasteiger partial charge in [-0.2, -0.15) is 36.0 Å². The maximum atomic E-state index is 14.2. The average molecular weight is 724 g/mol. The maximum Gasteiger partial charge on any atom is 0.460 e.